The number of aliphatic hydroxyl groups is 2. The largest absolute Gasteiger partial charge is 0.445 e. The Kier molecular flexibility index (Phi) is 4.09. The van der Waals surface area contributed by atoms with Gasteiger partial charge in [-0.05, 0) is 18.2 Å². The zero-order valence-electron chi connectivity index (χ0n) is 10.6. The van der Waals surface area contributed by atoms with Crippen molar-refractivity contribution in [2.45, 2.75) is 30.8 Å². The molecular weight excluding hydrogens is 320 g/mol. The van der Waals surface area contributed by atoms with Gasteiger partial charge in [0.25, 0.3) is 0 Å². The number of alkyl halides is 6. The summed E-state index contributed by atoms with van der Waals surface area (Å²) in [5.41, 5.74) is -1.31. The molecule has 3 atom stereocenters. The maximum Gasteiger partial charge on any atom is 0.416 e. The lowest BCUT2D eigenvalue weighted by atomic mass is 10.1. The maximum atomic E-state index is 12.6. The van der Waals surface area contributed by atoms with Gasteiger partial charge in [0.2, 0.25) is 12.2 Å². The second-order valence-corrected chi connectivity index (χ2v) is 4.50. The fourth-order valence-corrected chi connectivity index (χ4v) is 1.80. The Hall–Kier alpha value is -1.81. The molecule has 1 aromatic rings. The van der Waals surface area contributed by atoms with E-state index in [9.17, 15) is 31.4 Å². The van der Waals surface area contributed by atoms with Crippen LogP contribution in [-0.2, 0) is 10.9 Å². The third-order valence-corrected chi connectivity index (χ3v) is 2.89. The van der Waals surface area contributed by atoms with Gasteiger partial charge in [0, 0.05) is 5.56 Å². The average molecular weight is 329 g/mol. The topological polar surface area (TPSA) is 62.0 Å². The van der Waals surface area contributed by atoms with Crippen molar-refractivity contribution in [2.75, 3.05) is 0 Å². The first-order valence-corrected chi connectivity index (χ1v) is 5.85. The van der Waals surface area contributed by atoms with Crippen molar-refractivity contribution in [3.05, 3.63) is 35.4 Å². The van der Waals surface area contributed by atoms with Gasteiger partial charge in [0.1, 0.15) is 0 Å². The van der Waals surface area contributed by atoms with Crippen LogP contribution in [0, 0.1) is 0 Å². The molecule has 0 aromatic heterocycles. The highest BCUT2D eigenvalue weighted by Crippen LogP contribution is 2.32. The van der Waals surface area contributed by atoms with Gasteiger partial charge < -0.3 is 14.9 Å². The van der Waals surface area contributed by atoms with Crippen LogP contribution in [0.5, 0.6) is 0 Å². The minimum Gasteiger partial charge on any atom is -0.445 e. The van der Waals surface area contributed by atoms with Gasteiger partial charge in [-0.25, -0.2) is 4.99 Å². The maximum absolute atomic E-state index is 12.6. The van der Waals surface area contributed by atoms with Crippen molar-refractivity contribution in [1.82, 2.24) is 0 Å². The normalized spacial score (nSPS) is 23.9. The predicted molar refractivity (Wildman–Crippen MR) is 60.9 cm³/mol. The van der Waals surface area contributed by atoms with Gasteiger partial charge >= 0.3 is 12.4 Å². The Morgan fingerprint density at radius 3 is 2.32 bits per heavy atom. The first kappa shape index (κ1) is 16.6. The number of hydrogen-bond donors (Lipinski definition) is 2. The molecule has 2 rings (SSSR count). The van der Waals surface area contributed by atoms with E-state index in [0.29, 0.717) is 6.07 Å². The van der Waals surface area contributed by atoms with E-state index in [1.165, 1.54) is 0 Å². The minimum atomic E-state index is -5.05. The molecule has 1 aliphatic rings. The van der Waals surface area contributed by atoms with Crippen molar-refractivity contribution in [2.24, 2.45) is 4.99 Å². The summed E-state index contributed by atoms with van der Waals surface area (Å²) in [6.45, 7) is 0. The van der Waals surface area contributed by atoms with E-state index in [4.69, 9.17) is 5.11 Å². The van der Waals surface area contributed by atoms with E-state index < -0.39 is 42.2 Å². The van der Waals surface area contributed by atoms with Crippen molar-refractivity contribution in [1.29, 1.82) is 0 Å². The SMILES string of the molecule is OC1OC(c2cccc(C(F)(F)F)c2)=NC1C(O)C(F)(F)F. The Morgan fingerprint density at radius 2 is 1.77 bits per heavy atom. The minimum absolute atomic E-state index is 0.259. The summed E-state index contributed by atoms with van der Waals surface area (Å²) in [6, 6.07) is 1.46. The Balaban J connectivity index is 2.31. The molecule has 0 spiro atoms. The van der Waals surface area contributed by atoms with Crippen LogP contribution in [0.1, 0.15) is 11.1 Å². The lowest BCUT2D eigenvalue weighted by molar-refractivity contribution is -0.223. The van der Waals surface area contributed by atoms with Crippen LogP contribution in [0.2, 0.25) is 0 Å². The summed E-state index contributed by atoms with van der Waals surface area (Å²) in [6.07, 6.45) is -14.8. The van der Waals surface area contributed by atoms with E-state index in [1.54, 1.807) is 0 Å². The first-order chi connectivity index (χ1) is 10.00. The molecule has 0 amide bonds. The smallest absolute Gasteiger partial charge is 0.416 e. The summed E-state index contributed by atoms with van der Waals surface area (Å²) >= 11 is 0. The highest BCUT2D eigenvalue weighted by atomic mass is 19.4. The third kappa shape index (κ3) is 3.33. The summed E-state index contributed by atoms with van der Waals surface area (Å²) in [7, 11) is 0. The molecule has 0 radical (unpaired) electrons. The quantitative estimate of drug-likeness (QED) is 0.817. The number of nitrogens with zero attached hydrogens (tertiary/aromatic N) is 1. The van der Waals surface area contributed by atoms with Gasteiger partial charge in [0.15, 0.2) is 12.1 Å². The molecule has 2 N–H and O–H groups in total. The van der Waals surface area contributed by atoms with Gasteiger partial charge in [0.05, 0.1) is 5.56 Å². The average Bonchev–Trinajstić information content (AvgIpc) is 2.78. The van der Waals surface area contributed by atoms with E-state index in [0.717, 1.165) is 18.2 Å². The molecule has 4 nitrogen and oxygen atoms in total. The molecule has 0 bridgehead atoms. The summed E-state index contributed by atoms with van der Waals surface area (Å²) in [5, 5.41) is 18.4. The second kappa shape index (κ2) is 5.43. The van der Waals surface area contributed by atoms with Gasteiger partial charge in [-0.15, -0.1) is 0 Å². The molecule has 22 heavy (non-hydrogen) atoms. The van der Waals surface area contributed by atoms with E-state index in [-0.39, 0.29) is 5.56 Å². The number of ether oxygens (including phenoxy) is 1. The highest BCUT2D eigenvalue weighted by molar-refractivity contribution is 5.95. The molecule has 10 heteroatoms. The van der Waals surface area contributed by atoms with Crippen LogP contribution < -0.4 is 0 Å². The number of halogens is 6. The van der Waals surface area contributed by atoms with E-state index >= 15 is 0 Å². The Bertz CT molecular complexity index is 583. The molecule has 0 saturated heterocycles. The van der Waals surface area contributed by atoms with Gasteiger partial charge in [-0.2, -0.15) is 26.3 Å². The van der Waals surface area contributed by atoms with Crippen LogP contribution in [0.3, 0.4) is 0 Å². The molecule has 0 saturated carbocycles. The van der Waals surface area contributed by atoms with Crippen molar-refractivity contribution < 1.29 is 41.3 Å². The second-order valence-electron chi connectivity index (χ2n) is 4.50. The Morgan fingerprint density at radius 1 is 1.14 bits per heavy atom. The number of aliphatic hydroxyl groups excluding tert-OH is 2. The lowest BCUT2D eigenvalue weighted by Gasteiger charge is -2.20. The molecule has 0 aliphatic carbocycles. The predicted octanol–water partition coefficient (Wildman–Crippen LogP) is 2.09. The summed E-state index contributed by atoms with van der Waals surface area (Å²) in [4.78, 5) is 3.34. The van der Waals surface area contributed by atoms with Crippen LogP contribution in [-0.4, -0.2) is 40.7 Å². The summed E-state index contributed by atoms with van der Waals surface area (Å²) < 4.78 is 79.5. The fraction of sp³-hybridized carbons (Fsp3) is 0.417. The van der Waals surface area contributed by atoms with Crippen LogP contribution in [0.4, 0.5) is 26.3 Å². The van der Waals surface area contributed by atoms with Crippen molar-refractivity contribution in [3.63, 3.8) is 0 Å². The zero-order chi connectivity index (χ0) is 16.7. The molecule has 1 aliphatic heterocycles. The lowest BCUT2D eigenvalue weighted by Crippen LogP contribution is -2.43. The van der Waals surface area contributed by atoms with E-state index in [2.05, 4.69) is 9.73 Å². The monoisotopic (exact) mass is 329 g/mol. The number of aliphatic imine (C=N–C) groups is 1. The Labute approximate surface area is 119 Å². The van der Waals surface area contributed by atoms with Crippen LogP contribution in [0.15, 0.2) is 29.3 Å². The standard InChI is InChI=1S/C12H9F6NO3/c13-11(14,15)6-3-1-2-5(4-6)9-19-7(10(21)22-9)8(20)12(16,17)18/h1-4,7-8,10,20-21H. The molecule has 1 aromatic carbocycles. The van der Waals surface area contributed by atoms with Crippen molar-refractivity contribution >= 4 is 5.90 Å². The summed E-state index contributed by atoms with van der Waals surface area (Å²) in [5.74, 6) is -0.605. The van der Waals surface area contributed by atoms with Crippen LogP contribution >= 0.6 is 0 Å². The molecular formula is C12H9F6NO3. The van der Waals surface area contributed by atoms with Crippen LogP contribution in [0.25, 0.3) is 0 Å². The van der Waals surface area contributed by atoms with E-state index in [1.807, 2.05) is 0 Å². The van der Waals surface area contributed by atoms with Gasteiger partial charge in [-0.1, -0.05) is 6.07 Å². The third-order valence-electron chi connectivity index (χ3n) is 2.89. The number of hydrogen-bond acceptors (Lipinski definition) is 4. The number of benzene rings is 1. The van der Waals surface area contributed by atoms with Crippen molar-refractivity contribution in [3.8, 4) is 0 Å². The first-order valence-electron chi connectivity index (χ1n) is 5.85. The fourth-order valence-electron chi connectivity index (χ4n) is 1.80. The zero-order valence-corrected chi connectivity index (χ0v) is 10.6. The molecule has 0 fully saturated rings. The number of rotatable bonds is 2. The molecule has 1 heterocycles. The highest BCUT2D eigenvalue weighted by Gasteiger charge is 2.49. The van der Waals surface area contributed by atoms with Gasteiger partial charge in [-0.3, -0.25) is 0 Å². The molecule has 3 unspecified atom stereocenters. The molecule has 122 valence electrons.